The molecule has 0 aliphatic rings. The SMILES string of the molecule is C=C(C)CNc1cnn(CCO)c(=O)c1Br. The van der Waals surface area contributed by atoms with Crippen molar-refractivity contribution in [3.05, 3.63) is 33.2 Å². The van der Waals surface area contributed by atoms with Crippen LogP contribution in [0.5, 0.6) is 0 Å². The molecule has 1 aromatic heterocycles. The summed E-state index contributed by atoms with van der Waals surface area (Å²) in [6, 6.07) is 0. The maximum absolute atomic E-state index is 11.7. The number of aliphatic hydroxyl groups is 1. The van der Waals surface area contributed by atoms with Crippen molar-refractivity contribution in [3.8, 4) is 0 Å². The number of anilines is 1. The van der Waals surface area contributed by atoms with E-state index in [4.69, 9.17) is 5.11 Å². The summed E-state index contributed by atoms with van der Waals surface area (Å²) in [5.41, 5.74) is 1.33. The predicted molar refractivity (Wildman–Crippen MR) is 66.6 cm³/mol. The first-order valence-corrected chi connectivity index (χ1v) is 5.60. The van der Waals surface area contributed by atoms with Crippen LogP contribution >= 0.6 is 15.9 Å². The van der Waals surface area contributed by atoms with Crippen molar-refractivity contribution in [2.45, 2.75) is 13.5 Å². The second-order valence-electron chi connectivity index (χ2n) is 3.43. The molecule has 0 bridgehead atoms. The second kappa shape index (κ2) is 5.81. The Hall–Kier alpha value is -1.14. The molecular formula is C10H14BrN3O2. The normalized spacial score (nSPS) is 10.2. The van der Waals surface area contributed by atoms with Crippen LogP contribution in [0.3, 0.4) is 0 Å². The van der Waals surface area contributed by atoms with Gasteiger partial charge in [-0.3, -0.25) is 4.79 Å². The van der Waals surface area contributed by atoms with E-state index in [0.717, 1.165) is 5.57 Å². The monoisotopic (exact) mass is 287 g/mol. The number of halogens is 1. The molecule has 0 atom stereocenters. The third-order valence-electron chi connectivity index (χ3n) is 1.88. The molecule has 0 aliphatic heterocycles. The number of nitrogens with zero attached hydrogens (tertiary/aromatic N) is 2. The average molecular weight is 288 g/mol. The Morgan fingerprint density at radius 1 is 1.75 bits per heavy atom. The highest BCUT2D eigenvalue weighted by molar-refractivity contribution is 9.10. The Morgan fingerprint density at radius 3 is 3.00 bits per heavy atom. The highest BCUT2D eigenvalue weighted by Gasteiger charge is 2.07. The molecular weight excluding hydrogens is 274 g/mol. The Balaban J connectivity index is 2.93. The Morgan fingerprint density at radius 2 is 2.44 bits per heavy atom. The van der Waals surface area contributed by atoms with Crippen LogP contribution in [0.25, 0.3) is 0 Å². The van der Waals surface area contributed by atoms with Gasteiger partial charge in [-0.25, -0.2) is 4.68 Å². The van der Waals surface area contributed by atoms with Crippen LogP contribution in [-0.2, 0) is 6.54 Å². The summed E-state index contributed by atoms with van der Waals surface area (Å²) in [6.07, 6.45) is 1.55. The van der Waals surface area contributed by atoms with E-state index in [1.807, 2.05) is 6.92 Å². The van der Waals surface area contributed by atoms with E-state index < -0.39 is 0 Å². The van der Waals surface area contributed by atoms with Crippen molar-refractivity contribution in [2.75, 3.05) is 18.5 Å². The smallest absolute Gasteiger partial charge is 0.283 e. The van der Waals surface area contributed by atoms with Gasteiger partial charge >= 0.3 is 0 Å². The summed E-state index contributed by atoms with van der Waals surface area (Å²) >= 11 is 3.20. The molecule has 0 amide bonds. The van der Waals surface area contributed by atoms with Crippen LogP contribution in [0.1, 0.15) is 6.92 Å². The fourth-order valence-corrected chi connectivity index (χ4v) is 1.54. The lowest BCUT2D eigenvalue weighted by atomic mass is 10.3. The molecule has 0 unspecified atom stereocenters. The molecule has 88 valence electrons. The van der Waals surface area contributed by atoms with Crippen molar-refractivity contribution < 1.29 is 5.11 Å². The molecule has 0 aromatic carbocycles. The highest BCUT2D eigenvalue weighted by Crippen LogP contribution is 2.16. The van der Waals surface area contributed by atoms with Gasteiger partial charge in [0.15, 0.2) is 0 Å². The van der Waals surface area contributed by atoms with Gasteiger partial charge in [0.1, 0.15) is 4.47 Å². The van der Waals surface area contributed by atoms with E-state index in [0.29, 0.717) is 16.7 Å². The van der Waals surface area contributed by atoms with Crippen LogP contribution < -0.4 is 10.9 Å². The van der Waals surface area contributed by atoms with Gasteiger partial charge in [0, 0.05) is 6.54 Å². The molecule has 0 aliphatic carbocycles. The number of hydrogen-bond donors (Lipinski definition) is 2. The maximum atomic E-state index is 11.7. The minimum absolute atomic E-state index is 0.113. The van der Waals surface area contributed by atoms with E-state index in [2.05, 4.69) is 32.9 Å². The zero-order chi connectivity index (χ0) is 12.1. The van der Waals surface area contributed by atoms with E-state index >= 15 is 0 Å². The number of rotatable bonds is 5. The van der Waals surface area contributed by atoms with Crippen molar-refractivity contribution in [2.24, 2.45) is 0 Å². The summed E-state index contributed by atoms with van der Waals surface area (Å²) in [7, 11) is 0. The highest BCUT2D eigenvalue weighted by atomic mass is 79.9. The number of nitrogens with one attached hydrogen (secondary N) is 1. The van der Waals surface area contributed by atoms with Gasteiger partial charge in [0.05, 0.1) is 25.0 Å². The first-order chi connectivity index (χ1) is 7.56. The summed E-state index contributed by atoms with van der Waals surface area (Å²) in [5, 5.41) is 15.7. The van der Waals surface area contributed by atoms with Gasteiger partial charge in [-0.1, -0.05) is 12.2 Å². The quantitative estimate of drug-likeness (QED) is 0.793. The fourth-order valence-electron chi connectivity index (χ4n) is 1.09. The number of hydrogen-bond acceptors (Lipinski definition) is 4. The molecule has 0 saturated heterocycles. The van der Waals surface area contributed by atoms with Gasteiger partial charge in [-0.2, -0.15) is 5.10 Å². The van der Waals surface area contributed by atoms with Crippen molar-refractivity contribution >= 4 is 21.6 Å². The van der Waals surface area contributed by atoms with E-state index in [-0.39, 0.29) is 18.7 Å². The lowest BCUT2D eigenvalue weighted by Crippen LogP contribution is -2.26. The van der Waals surface area contributed by atoms with Crippen LogP contribution in [0.15, 0.2) is 27.6 Å². The van der Waals surface area contributed by atoms with Crippen LogP contribution in [0.2, 0.25) is 0 Å². The summed E-state index contributed by atoms with van der Waals surface area (Å²) in [5.74, 6) is 0. The van der Waals surface area contributed by atoms with E-state index in [1.165, 1.54) is 4.68 Å². The van der Waals surface area contributed by atoms with Crippen LogP contribution in [-0.4, -0.2) is 28.0 Å². The average Bonchev–Trinajstić information content (AvgIpc) is 2.24. The first-order valence-electron chi connectivity index (χ1n) is 4.81. The number of aliphatic hydroxyl groups excluding tert-OH is 1. The van der Waals surface area contributed by atoms with Gasteiger partial charge in [-0.15, -0.1) is 0 Å². The van der Waals surface area contributed by atoms with Gasteiger partial charge in [0.25, 0.3) is 5.56 Å². The second-order valence-corrected chi connectivity index (χ2v) is 4.23. The predicted octanol–water partition coefficient (Wildman–Crippen LogP) is 0.986. The zero-order valence-corrected chi connectivity index (χ0v) is 10.6. The lowest BCUT2D eigenvalue weighted by molar-refractivity contribution is 0.266. The van der Waals surface area contributed by atoms with E-state index in [1.54, 1.807) is 6.20 Å². The lowest BCUT2D eigenvalue weighted by Gasteiger charge is -2.09. The van der Waals surface area contributed by atoms with Crippen molar-refractivity contribution in [1.82, 2.24) is 9.78 Å². The van der Waals surface area contributed by atoms with Gasteiger partial charge in [-0.05, 0) is 22.9 Å². The number of aromatic nitrogens is 2. The molecule has 1 aromatic rings. The largest absolute Gasteiger partial charge is 0.394 e. The topological polar surface area (TPSA) is 67.2 Å². The Labute approximate surface area is 102 Å². The molecule has 5 nitrogen and oxygen atoms in total. The summed E-state index contributed by atoms with van der Waals surface area (Å²) in [6.45, 7) is 6.31. The fraction of sp³-hybridized carbons (Fsp3) is 0.400. The van der Waals surface area contributed by atoms with Crippen molar-refractivity contribution in [3.63, 3.8) is 0 Å². The zero-order valence-electron chi connectivity index (χ0n) is 9.03. The molecule has 6 heteroatoms. The molecule has 1 heterocycles. The van der Waals surface area contributed by atoms with Crippen LogP contribution in [0.4, 0.5) is 5.69 Å². The maximum Gasteiger partial charge on any atom is 0.283 e. The Bertz CT molecular complexity index is 442. The van der Waals surface area contributed by atoms with Crippen LogP contribution in [0, 0.1) is 0 Å². The minimum Gasteiger partial charge on any atom is -0.394 e. The van der Waals surface area contributed by atoms with Gasteiger partial charge in [0.2, 0.25) is 0 Å². The molecule has 1 rings (SSSR count). The minimum atomic E-state index is -0.263. The molecule has 2 N–H and O–H groups in total. The molecule has 0 saturated carbocycles. The van der Waals surface area contributed by atoms with E-state index in [9.17, 15) is 4.79 Å². The Kier molecular flexibility index (Phi) is 4.70. The van der Waals surface area contributed by atoms with Gasteiger partial charge < -0.3 is 10.4 Å². The first kappa shape index (κ1) is 12.9. The third-order valence-corrected chi connectivity index (χ3v) is 2.64. The molecule has 0 radical (unpaired) electrons. The molecule has 0 fully saturated rings. The molecule has 0 spiro atoms. The molecule has 16 heavy (non-hydrogen) atoms. The standard InChI is InChI=1S/C10H14BrN3O2/c1-7(2)5-12-8-6-13-14(3-4-15)10(16)9(8)11/h6,12,15H,1,3-5H2,2H3. The third kappa shape index (κ3) is 3.18. The summed E-state index contributed by atoms with van der Waals surface area (Å²) in [4.78, 5) is 11.7. The summed E-state index contributed by atoms with van der Waals surface area (Å²) < 4.78 is 1.62. The van der Waals surface area contributed by atoms with Crippen molar-refractivity contribution in [1.29, 1.82) is 0 Å².